The van der Waals surface area contributed by atoms with Crippen LogP contribution in [0.1, 0.15) is 25.2 Å². The molecule has 0 amide bonds. The third-order valence-corrected chi connectivity index (χ3v) is 3.56. The van der Waals surface area contributed by atoms with Gasteiger partial charge < -0.3 is 5.11 Å². The molecule has 0 aliphatic carbocycles. The van der Waals surface area contributed by atoms with Gasteiger partial charge in [0.2, 0.25) is 0 Å². The molecule has 1 unspecified atom stereocenters. The normalized spacial score (nSPS) is 13.0. The van der Waals surface area contributed by atoms with E-state index in [4.69, 9.17) is 0 Å². The predicted octanol–water partition coefficient (Wildman–Crippen LogP) is 1.12. The number of benzene rings is 1. The molecule has 21 heavy (non-hydrogen) atoms. The molecular weight excluding hydrogens is 268 g/mol. The zero-order valence-electron chi connectivity index (χ0n) is 12.4. The third-order valence-electron chi connectivity index (χ3n) is 3.56. The maximum Gasteiger partial charge on any atom is 0.340 e. The average Bonchev–Trinajstić information content (AvgIpc) is 2.85. The number of hydrogen-bond donors (Lipinski definition) is 3. The molecule has 2 rings (SSSR count). The summed E-state index contributed by atoms with van der Waals surface area (Å²) in [4.78, 5) is 16.0. The smallest absolute Gasteiger partial charge is 0.340 e. The fraction of sp³-hybridized carbons (Fsp3) is 0.467. The number of aliphatic hydroxyl groups excluding tert-OH is 1. The zero-order chi connectivity index (χ0) is 15.2. The molecule has 0 spiro atoms. The Morgan fingerprint density at radius 1 is 1.24 bits per heavy atom. The van der Waals surface area contributed by atoms with E-state index in [0.717, 1.165) is 5.56 Å². The molecule has 1 atom stereocenters. The predicted molar refractivity (Wildman–Crippen MR) is 80.6 cm³/mol. The van der Waals surface area contributed by atoms with Gasteiger partial charge in [-0.1, -0.05) is 44.2 Å². The number of nitrogens with zero attached hydrogens (tertiary/aromatic N) is 2. The molecule has 3 N–H and O–H groups in total. The molecule has 0 bridgehead atoms. The third kappa shape index (κ3) is 4.27. The van der Waals surface area contributed by atoms with Crippen molar-refractivity contribution >= 4 is 0 Å². The first-order valence-corrected chi connectivity index (χ1v) is 7.12. The van der Waals surface area contributed by atoms with Gasteiger partial charge >= 0.3 is 5.69 Å². The van der Waals surface area contributed by atoms with Crippen LogP contribution < -0.4 is 5.69 Å². The summed E-state index contributed by atoms with van der Waals surface area (Å²) < 4.78 is 0. The van der Waals surface area contributed by atoms with Crippen molar-refractivity contribution < 1.29 is 5.11 Å². The van der Waals surface area contributed by atoms with Gasteiger partial charge in [0.25, 0.3) is 0 Å². The summed E-state index contributed by atoms with van der Waals surface area (Å²) in [6, 6.07) is 10.1. The maximum absolute atomic E-state index is 11.2. The van der Waals surface area contributed by atoms with Crippen molar-refractivity contribution in [3.8, 4) is 0 Å². The summed E-state index contributed by atoms with van der Waals surface area (Å²) in [6.07, 6.45) is 0. The minimum absolute atomic E-state index is 0.00501. The number of hydrogen-bond acceptors (Lipinski definition) is 4. The van der Waals surface area contributed by atoms with Crippen molar-refractivity contribution in [2.45, 2.75) is 33.0 Å². The van der Waals surface area contributed by atoms with Crippen molar-refractivity contribution in [3.05, 3.63) is 52.2 Å². The standard InChI is InChI=1S/C15H22N4O2/c1-11(2)13(10-20)19(8-12-6-4-3-5-7-12)9-14-16-15(21)18-17-14/h3-7,11,13,20H,8-10H2,1-2H3,(H2,16,17,18,21). The van der Waals surface area contributed by atoms with Crippen molar-refractivity contribution in [1.29, 1.82) is 0 Å². The average molecular weight is 290 g/mol. The largest absolute Gasteiger partial charge is 0.395 e. The van der Waals surface area contributed by atoms with Crippen LogP contribution in [0.4, 0.5) is 0 Å². The lowest BCUT2D eigenvalue weighted by Gasteiger charge is -2.32. The molecule has 0 saturated heterocycles. The van der Waals surface area contributed by atoms with Crippen LogP contribution in [0, 0.1) is 5.92 Å². The quantitative estimate of drug-likeness (QED) is 0.713. The van der Waals surface area contributed by atoms with E-state index in [0.29, 0.717) is 24.8 Å². The molecule has 0 saturated carbocycles. The van der Waals surface area contributed by atoms with Crippen molar-refractivity contribution in [1.82, 2.24) is 20.1 Å². The second-order valence-corrected chi connectivity index (χ2v) is 5.51. The molecule has 1 aromatic heterocycles. The monoisotopic (exact) mass is 290 g/mol. The summed E-state index contributed by atoms with van der Waals surface area (Å²) >= 11 is 0. The molecule has 6 nitrogen and oxygen atoms in total. The number of aliphatic hydroxyl groups is 1. The Hall–Kier alpha value is -1.92. The molecule has 0 radical (unpaired) electrons. The lowest BCUT2D eigenvalue weighted by molar-refractivity contribution is 0.0764. The molecule has 114 valence electrons. The van der Waals surface area contributed by atoms with Crippen molar-refractivity contribution in [3.63, 3.8) is 0 Å². The van der Waals surface area contributed by atoms with Gasteiger partial charge in [-0.2, -0.15) is 5.10 Å². The summed E-state index contributed by atoms with van der Waals surface area (Å²) in [7, 11) is 0. The van der Waals surface area contributed by atoms with Gasteiger partial charge in [-0.3, -0.25) is 9.88 Å². The molecular formula is C15H22N4O2. The fourth-order valence-electron chi connectivity index (χ4n) is 2.43. The Morgan fingerprint density at radius 2 is 1.95 bits per heavy atom. The van der Waals surface area contributed by atoms with Crippen LogP contribution in [0.3, 0.4) is 0 Å². The van der Waals surface area contributed by atoms with Crippen LogP contribution in [0.25, 0.3) is 0 Å². The van der Waals surface area contributed by atoms with Gasteiger partial charge in [0.15, 0.2) is 0 Å². The highest BCUT2D eigenvalue weighted by atomic mass is 16.3. The van der Waals surface area contributed by atoms with E-state index in [1.54, 1.807) is 0 Å². The van der Waals surface area contributed by atoms with E-state index in [2.05, 4.69) is 46.1 Å². The van der Waals surface area contributed by atoms with Gasteiger partial charge in [-0.15, -0.1) is 0 Å². The Bertz CT molecular complexity index is 591. The van der Waals surface area contributed by atoms with E-state index in [1.807, 2.05) is 18.2 Å². The van der Waals surface area contributed by atoms with E-state index in [1.165, 1.54) is 0 Å². The first-order valence-electron chi connectivity index (χ1n) is 7.12. The number of aromatic amines is 2. The summed E-state index contributed by atoms with van der Waals surface area (Å²) in [5.74, 6) is 0.874. The Balaban J connectivity index is 2.18. The van der Waals surface area contributed by atoms with Crippen LogP contribution in [-0.2, 0) is 13.1 Å². The molecule has 0 aliphatic heterocycles. The molecule has 1 heterocycles. The van der Waals surface area contributed by atoms with E-state index in [9.17, 15) is 9.90 Å². The summed E-state index contributed by atoms with van der Waals surface area (Å²) in [6.45, 7) is 5.40. The maximum atomic E-state index is 11.2. The second-order valence-electron chi connectivity index (χ2n) is 5.51. The van der Waals surface area contributed by atoms with Gasteiger partial charge in [-0.05, 0) is 11.5 Å². The van der Waals surface area contributed by atoms with Crippen molar-refractivity contribution in [2.75, 3.05) is 6.61 Å². The molecule has 6 heteroatoms. The highest BCUT2D eigenvalue weighted by Gasteiger charge is 2.22. The first kappa shape index (κ1) is 15.5. The number of nitrogens with one attached hydrogen (secondary N) is 2. The number of rotatable bonds is 7. The lowest BCUT2D eigenvalue weighted by Crippen LogP contribution is -2.41. The van der Waals surface area contributed by atoms with Gasteiger partial charge in [0, 0.05) is 12.6 Å². The first-order chi connectivity index (χ1) is 10.1. The van der Waals surface area contributed by atoms with Crippen LogP contribution in [0.2, 0.25) is 0 Å². The molecule has 0 aliphatic rings. The van der Waals surface area contributed by atoms with Gasteiger partial charge in [0.1, 0.15) is 5.82 Å². The summed E-state index contributed by atoms with van der Waals surface area (Å²) in [5.41, 5.74) is 0.851. The van der Waals surface area contributed by atoms with Gasteiger partial charge in [-0.25, -0.2) is 9.89 Å². The van der Waals surface area contributed by atoms with Crippen LogP contribution >= 0.6 is 0 Å². The summed E-state index contributed by atoms with van der Waals surface area (Å²) in [5, 5.41) is 16.0. The number of aromatic nitrogens is 3. The van der Waals surface area contributed by atoms with E-state index >= 15 is 0 Å². The second kappa shape index (κ2) is 7.19. The molecule has 1 aromatic carbocycles. The minimum Gasteiger partial charge on any atom is -0.395 e. The highest BCUT2D eigenvalue weighted by Crippen LogP contribution is 2.16. The van der Waals surface area contributed by atoms with Crippen LogP contribution in [0.5, 0.6) is 0 Å². The minimum atomic E-state index is -0.310. The van der Waals surface area contributed by atoms with Gasteiger partial charge in [0.05, 0.1) is 13.2 Å². The van der Waals surface area contributed by atoms with Crippen molar-refractivity contribution in [2.24, 2.45) is 5.92 Å². The Morgan fingerprint density at radius 3 is 2.48 bits per heavy atom. The van der Waals surface area contributed by atoms with Crippen LogP contribution in [-0.4, -0.2) is 37.8 Å². The molecule has 2 aromatic rings. The molecule has 0 fully saturated rings. The van der Waals surface area contributed by atoms with E-state index in [-0.39, 0.29) is 18.3 Å². The van der Waals surface area contributed by atoms with E-state index < -0.39 is 0 Å². The highest BCUT2D eigenvalue weighted by molar-refractivity contribution is 5.14. The fourth-order valence-corrected chi connectivity index (χ4v) is 2.43. The topological polar surface area (TPSA) is 85.0 Å². The number of H-pyrrole nitrogens is 2. The zero-order valence-corrected chi connectivity index (χ0v) is 12.4. The lowest BCUT2D eigenvalue weighted by atomic mass is 10.0. The SMILES string of the molecule is CC(C)C(CO)N(Cc1ccccc1)Cc1n[nH]c(=O)[nH]1. The Kier molecular flexibility index (Phi) is 5.30. The Labute approximate surface area is 123 Å². The van der Waals surface area contributed by atoms with Crippen LogP contribution in [0.15, 0.2) is 35.1 Å².